The molecule has 0 amide bonds. The zero-order chi connectivity index (χ0) is 15.1. The summed E-state index contributed by atoms with van der Waals surface area (Å²) in [4.78, 5) is 13.5. The van der Waals surface area contributed by atoms with Gasteiger partial charge in [0.05, 0.1) is 0 Å². The van der Waals surface area contributed by atoms with Gasteiger partial charge in [0.25, 0.3) is 0 Å². The van der Waals surface area contributed by atoms with Gasteiger partial charge in [0.2, 0.25) is 0 Å². The van der Waals surface area contributed by atoms with E-state index in [9.17, 15) is 9.18 Å². The molecule has 0 aromatic heterocycles. The average molecular weight is 296 g/mol. The molecule has 0 bridgehead atoms. The van der Waals surface area contributed by atoms with Crippen molar-refractivity contribution in [3.63, 3.8) is 0 Å². The van der Waals surface area contributed by atoms with Crippen LogP contribution in [0.5, 0.6) is 5.75 Å². The smallest absolute Gasteiger partial charge is 0.307 e. The van der Waals surface area contributed by atoms with Crippen LogP contribution in [0.3, 0.4) is 0 Å². The molecule has 1 aliphatic rings. The van der Waals surface area contributed by atoms with Crippen molar-refractivity contribution in [1.82, 2.24) is 10.2 Å². The summed E-state index contributed by atoms with van der Waals surface area (Å²) in [6, 6.07) is 5.97. The van der Waals surface area contributed by atoms with Gasteiger partial charge in [0, 0.05) is 32.6 Å². The minimum Gasteiger partial charge on any atom is -0.492 e. The van der Waals surface area contributed by atoms with E-state index in [1.54, 1.807) is 19.1 Å². The summed E-state index contributed by atoms with van der Waals surface area (Å²) in [5, 5.41) is 3.16. The zero-order valence-corrected chi connectivity index (χ0v) is 12.2. The third-order valence-electron chi connectivity index (χ3n) is 3.28. The van der Waals surface area contributed by atoms with Gasteiger partial charge in [-0.25, -0.2) is 4.39 Å². The van der Waals surface area contributed by atoms with Crippen molar-refractivity contribution in [2.24, 2.45) is 0 Å². The first-order valence-corrected chi connectivity index (χ1v) is 7.21. The Balaban J connectivity index is 1.70. The number of esters is 1. The van der Waals surface area contributed by atoms with Crippen LogP contribution in [-0.2, 0) is 9.53 Å². The number of ether oxygens (including phenoxy) is 2. The van der Waals surface area contributed by atoms with Crippen LogP contribution in [0.4, 0.5) is 4.39 Å². The highest BCUT2D eigenvalue weighted by Gasteiger charge is 2.21. The van der Waals surface area contributed by atoms with Crippen molar-refractivity contribution in [3.05, 3.63) is 30.1 Å². The fourth-order valence-corrected chi connectivity index (χ4v) is 2.12. The molecule has 6 heteroatoms. The monoisotopic (exact) mass is 296 g/mol. The van der Waals surface area contributed by atoms with E-state index in [2.05, 4.69) is 10.2 Å². The second-order valence-corrected chi connectivity index (χ2v) is 4.89. The van der Waals surface area contributed by atoms with Crippen molar-refractivity contribution in [1.29, 1.82) is 0 Å². The molecule has 0 saturated carbocycles. The second-order valence-electron chi connectivity index (χ2n) is 4.89. The van der Waals surface area contributed by atoms with E-state index in [0.29, 0.717) is 25.3 Å². The Hall–Kier alpha value is -1.66. The Morgan fingerprint density at radius 3 is 2.90 bits per heavy atom. The lowest BCUT2D eigenvalue weighted by Gasteiger charge is -2.32. The molecule has 1 aliphatic heterocycles. The van der Waals surface area contributed by atoms with Crippen LogP contribution in [-0.4, -0.2) is 49.9 Å². The molecule has 1 atom stereocenters. The topological polar surface area (TPSA) is 50.8 Å². The number of hydrogen-bond donors (Lipinski definition) is 1. The largest absolute Gasteiger partial charge is 0.492 e. The molecule has 0 radical (unpaired) electrons. The molecular formula is C15H21FN2O3. The average Bonchev–Trinajstić information content (AvgIpc) is 2.49. The Labute approximate surface area is 124 Å². The van der Waals surface area contributed by atoms with Gasteiger partial charge in [-0.15, -0.1) is 0 Å². The van der Waals surface area contributed by atoms with E-state index in [1.807, 2.05) is 0 Å². The van der Waals surface area contributed by atoms with Gasteiger partial charge in [0.15, 0.2) is 6.23 Å². The molecule has 5 nitrogen and oxygen atoms in total. The third-order valence-corrected chi connectivity index (χ3v) is 3.28. The maximum atomic E-state index is 12.8. The Bertz CT molecular complexity index is 453. The first-order valence-electron chi connectivity index (χ1n) is 7.21. The number of carbonyl (C=O) groups is 1. The van der Waals surface area contributed by atoms with Crippen molar-refractivity contribution < 1.29 is 18.7 Å². The molecule has 116 valence electrons. The molecule has 1 aromatic carbocycles. The van der Waals surface area contributed by atoms with Crippen molar-refractivity contribution >= 4 is 5.97 Å². The highest BCUT2D eigenvalue weighted by Crippen LogP contribution is 2.11. The lowest BCUT2D eigenvalue weighted by molar-refractivity contribution is -0.152. The summed E-state index contributed by atoms with van der Waals surface area (Å²) in [6.07, 6.45) is 0.128. The summed E-state index contributed by atoms with van der Waals surface area (Å²) >= 11 is 0. The molecule has 21 heavy (non-hydrogen) atoms. The molecule has 2 rings (SSSR count). The SMILES string of the molecule is CCC(=O)OC1CN(CCOc2ccc(F)cc2)CCN1. The number of hydrogen-bond acceptors (Lipinski definition) is 5. The number of halogens is 1. The van der Waals surface area contributed by atoms with Crippen LogP contribution in [0, 0.1) is 5.82 Å². The molecule has 1 unspecified atom stereocenters. The number of nitrogens with zero attached hydrogens (tertiary/aromatic N) is 1. The maximum Gasteiger partial charge on any atom is 0.307 e. The fraction of sp³-hybridized carbons (Fsp3) is 0.533. The van der Waals surface area contributed by atoms with Crippen LogP contribution in [0.25, 0.3) is 0 Å². The van der Waals surface area contributed by atoms with Gasteiger partial charge in [-0.05, 0) is 24.3 Å². The number of piperazine rings is 1. The molecule has 1 heterocycles. The lowest BCUT2D eigenvalue weighted by Crippen LogP contribution is -2.53. The van der Waals surface area contributed by atoms with Gasteiger partial charge in [-0.2, -0.15) is 0 Å². The van der Waals surface area contributed by atoms with Gasteiger partial charge in [-0.1, -0.05) is 6.92 Å². The number of benzene rings is 1. The van der Waals surface area contributed by atoms with Crippen LogP contribution in [0.15, 0.2) is 24.3 Å². The Kier molecular flexibility index (Phi) is 5.95. The number of carbonyl (C=O) groups excluding carboxylic acids is 1. The van der Waals surface area contributed by atoms with Crippen molar-refractivity contribution in [2.75, 3.05) is 32.8 Å². The van der Waals surface area contributed by atoms with Gasteiger partial charge in [-0.3, -0.25) is 15.0 Å². The van der Waals surface area contributed by atoms with Gasteiger partial charge < -0.3 is 9.47 Å². The highest BCUT2D eigenvalue weighted by atomic mass is 19.1. The summed E-state index contributed by atoms with van der Waals surface area (Å²) in [5.74, 6) is 0.183. The Morgan fingerprint density at radius 1 is 1.43 bits per heavy atom. The predicted octanol–water partition coefficient (Wildman–Crippen LogP) is 1.39. The lowest BCUT2D eigenvalue weighted by atomic mass is 10.3. The molecule has 1 fully saturated rings. The molecule has 1 N–H and O–H groups in total. The molecular weight excluding hydrogens is 275 g/mol. The number of nitrogens with one attached hydrogen (secondary N) is 1. The van der Waals surface area contributed by atoms with E-state index in [-0.39, 0.29) is 18.0 Å². The molecule has 1 aromatic rings. The minimum absolute atomic E-state index is 0.197. The summed E-state index contributed by atoms with van der Waals surface area (Å²) in [6.45, 7) is 5.34. The van der Waals surface area contributed by atoms with Crippen molar-refractivity contribution in [3.8, 4) is 5.75 Å². The normalized spacial score (nSPS) is 19.2. The first kappa shape index (κ1) is 15.7. The van der Waals surface area contributed by atoms with Gasteiger partial charge in [0.1, 0.15) is 18.2 Å². The van der Waals surface area contributed by atoms with Crippen LogP contribution in [0.2, 0.25) is 0 Å². The fourth-order valence-electron chi connectivity index (χ4n) is 2.12. The highest BCUT2D eigenvalue weighted by molar-refractivity contribution is 5.69. The quantitative estimate of drug-likeness (QED) is 0.804. The minimum atomic E-state index is -0.273. The Morgan fingerprint density at radius 2 is 2.19 bits per heavy atom. The maximum absolute atomic E-state index is 12.8. The van der Waals surface area contributed by atoms with Crippen LogP contribution in [0.1, 0.15) is 13.3 Å². The van der Waals surface area contributed by atoms with E-state index < -0.39 is 0 Å². The van der Waals surface area contributed by atoms with Crippen molar-refractivity contribution in [2.45, 2.75) is 19.6 Å². The molecule has 0 spiro atoms. The standard InChI is InChI=1S/C15H21FN2O3/c1-2-15(19)21-14-11-18(8-7-17-14)9-10-20-13-5-3-12(16)4-6-13/h3-6,14,17H,2,7-11H2,1H3. The predicted molar refractivity (Wildman–Crippen MR) is 76.5 cm³/mol. The third kappa shape index (κ3) is 5.32. The van der Waals surface area contributed by atoms with Crippen LogP contribution >= 0.6 is 0 Å². The number of rotatable bonds is 6. The summed E-state index contributed by atoms with van der Waals surface area (Å²) in [7, 11) is 0. The van der Waals surface area contributed by atoms with E-state index >= 15 is 0 Å². The van der Waals surface area contributed by atoms with E-state index in [0.717, 1.165) is 19.6 Å². The van der Waals surface area contributed by atoms with E-state index in [4.69, 9.17) is 9.47 Å². The van der Waals surface area contributed by atoms with Gasteiger partial charge >= 0.3 is 5.97 Å². The summed E-state index contributed by atoms with van der Waals surface area (Å²) in [5.41, 5.74) is 0. The van der Waals surface area contributed by atoms with E-state index in [1.165, 1.54) is 12.1 Å². The molecule has 0 aliphatic carbocycles. The molecule has 1 saturated heterocycles. The second kappa shape index (κ2) is 7.95. The summed E-state index contributed by atoms with van der Waals surface area (Å²) < 4.78 is 23.6. The zero-order valence-electron chi connectivity index (χ0n) is 12.2. The first-order chi connectivity index (χ1) is 10.2. The van der Waals surface area contributed by atoms with Crippen LogP contribution < -0.4 is 10.1 Å².